The molecule has 40 heavy (non-hydrogen) atoms. The third-order valence-electron chi connectivity index (χ3n) is 6.88. The first-order valence-corrected chi connectivity index (χ1v) is 16.3. The van der Waals surface area contributed by atoms with Crippen molar-refractivity contribution in [3.8, 4) is 16.9 Å². The average molecular weight is 578 g/mol. The topological polar surface area (TPSA) is 69.4 Å². The Morgan fingerprint density at radius 3 is 1.88 bits per heavy atom. The molecule has 0 saturated heterocycles. The van der Waals surface area contributed by atoms with Crippen molar-refractivity contribution in [1.29, 1.82) is 0 Å². The monoisotopic (exact) mass is 577 g/mol. The maximum Gasteiger partial charge on any atom is 0.134 e. The Hall–Kier alpha value is -2.93. The molecule has 1 heterocycles. The van der Waals surface area contributed by atoms with Gasteiger partial charge in [-0.2, -0.15) is 0 Å². The van der Waals surface area contributed by atoms with Gasteiger partial charge in [0.05, 0.1) is 21.0 Å². The van der Waals surface area contributed by atoms with E-state index in [-0.39, 0.29) is 5.78 Å². The summed E-state index contributed by atoms with van der Waals surface area (Å²) < 4.78 is 17.3. The van der Waals surface area contributed by atoms with Crippen LogP contribution >= 0.6 is 11.3 Å². The van der Waals surface area contributed by atoms with Crippen LogP contribution in [-0.2, 0) is 20.9 Å². The molecule has 214 valence electrons. The largest absolute Gasteiger partial charge is 0.497 e. The molecule has 0 aliphatic rings. The molecule has 4 aromatic rings. The molecule has 0 aliphatic heterocycles. The number of carbonyl (C=O) groups excluding carboxylic acids is 1. The molecule has 0 fully saturated rings. The highest BCUT2D eigenvalue weighted by molar-refractivity contribution is 8.00. The predicted molar refractivity (Wildman–Crippen MR) is 175 cm³/mol. The Bertz CT molecular complexity index is 1570. The first-order chi connectivity index (χ1) is 18.7. The number of carbonyl (C=O) groups is 1. The van der Waals surface area contributed by atoms with Crippen LogP contribution in [0.3, 0.4) is 0 Å². The summed E-state index contributed by atoms with van der Waals surface area (Å²) in [5, 5.41) is 7.77. The van der Waals surface area contributed by atoms with Gasteiger partial charge in [0.15, 0.2) is 0 Å². The highest BCUT2D eigenvalue weighted by Gasteiger charge is 2.18. The van der Waals surface area contributed by atoms with Crippen LogP contribution in [0.25, 0.3) is 21.9 Å². The van der Waals surface area contributed by atoms with Gasteiger partial charge in [-0.1, -0.05) is 71.9 Å². The number of thiophene rings is 1. The maximum atomic E-state index is 11.9. The van der Waals surface area contributed by atoms with Gasteiger partial charge in [0, 0.05) is 11.3 Å². The van der Waals surface area contributed by atoms with E-state index in [1.807, 2.05) is 12.1 Å². The number of nitrogens with two attached hydrogens (primary N) is 1. The molecule has 0 aliphatic carbocycles. The summed E-state index contributed by atoms with van der Waals surface area (Å²) in [6.45, 7) is 14.7. The summed E-state index contributed by atoms with van der Waals surface area (Å²) >= 11 is 1.48. The number of hydrogen-bond donors (Lipinski definition) is 1. The number of benzene rings is 3. The van der Waals surface area contributed by atoms with Gasteiger partial charge in [-0.15, -0.1) is 11.3 Å². The quantitative estimate of drug-likeness (QED) is 0.213. The molecule has 1 unspecified atom stereocenters. The van der Waals surface area contributed by atoms with Crippen LogP contribution in [0.1, 0.15) is 87.8 Å². The number of Topliss-reactive ketones (excluding diaryl/α,β-unsaturated/α-hetero) is 1. The molecule has 0 spiro atoms. The minimum Gasteiger partial charge on any atom is -0.497 e. The van der Waals surface area contributed by atoms with Crippen molar-refractivity contribution in [3.63, 3.8) is 0 Å². The first kappa shape index (κ1) is 31.6. The molecule has 2 N–H and O–H groups in total. The summed E-state index contributed by atoms with van der Waals surface area (Å²) in [6.07, 6.45) is 0.513. The van der Waals surface area contributed by atoms with Crippen LogP contribution in [-0.4, -0.2) is 23.0 Å². The molecule has 6 heteroatoms. The zero-order valence-corrected chi connectivity index (χ0v) is 26.7. The molecule has 3 aromatic carbocycles. The first-order valence-electron chi connectivity index (χ1n) is 13.7. The lowest BCUT2D eigenvalue weighted by Gasteiger charge is -2.21. The van der Waals surface area contributed by atoms with Gasteiger partial charge in [0.1, 0.15) is 11.5 Å². The molecule has 0 radical (unpaired) electrons. The Labute approximate surface area is 244 Å². The zero-order valence-electron chi connectivity index (χ0n) is 25.0. The van der Waals surface area contributed by atoms with Crippen LogP contribution in [0, 0.1) is 0 Å². The van der Waals surface area contributed by atoms with E-state index in [1.165, 1.54) is 54.8 Å². The minimum absolute atomic E-state index is 0.219. The van der Waals surface area contributed by atoms with Crippen LogP contribution in [0.4, 0.5) is 0 Å². The lowest BCUT2D eigenvalue weighted by molar-refractivity contribution is -0.116. The summed E-state index contributed by atoms with van der Waals surface area (Å²) in [4.78, 5) is 13.1. The van der Waals surface area contributed by atoms with Crippen LogP contribution in [0.2, 0.25) is 0 Å². The van der Waals surface area contributed by atoms with Gasteiger partial charge in [-0.3, -0.25) is 9.93 Å². The highest BCUT2D eigenvalue weighted by atomic mass is 32.2. The van der Waals surface area contributed by atoms with E-state index < -0.39 is 9.71 Å². The molecule has 0 saturated carbocycles. The van der Waals surface area contributed by atoms with Crippen molar-refractivity contribution in [2.45, 2.75) is 76.8 Å². The lowest BCUT2D eigenvalue weighted by Crippen LogP contribution is -2.09. The van der Waals surface area contributed by atoms with Crippen molar-refractivity contribution in [2.24, 2.45) is 5.14 Å². The Morgan fingerprint density at radius 2 is 1.43 bits per heavy atom. The second kappa shape index (κ2) is 13.2. The van der Waals surface area contributed by atoms with Crippen molar-refractivity contribution in [1.82, 2.24) is 0 Å². The molecule has 0 bridgehead atoms. The summed E-state index contributed by atoms with van der Waals surface area (Å²) in [5.74, 6) is 5.73. The third-order valence-corrected chi connectivity index (χ3v) is 9.98. The molecular weight excluding hydrogens is 535 g/mol. The van der Waals surface area contributed by atoms with Crippen molar-refractivity contribution < 1.29 is 13.7 Å². The van der Waals surface area contributed by atoms with Gasteiger partial charge in [0.2, 0.25) is 0 Å². The second-order valence-corrected chi connectivity index (χ2v) is 14.6. The Kier molecular flexibility index (Phi) is 10.4. The normalized spacial score (nSPS) is 12.9. The van der Waals surface area contributed by atoms with Gasteiger partial charge in [0.25, 0.3) is 0 Å². The fourth-order valence-corrected chi connectivity index (χ4v) is 6.62. The predicted octanol–water partition coefficient (Wildman–Crippen LogP) is 8.71. The minimum atomic E-state index is -2.50. The Morgan fingerprint density at radius 1 is 0.850 bits per heavy atom. The van der Waals surface area contributed by atoms with Gasteiger partial charge < -0.3 is 4.74 Å². The molecule has 4 nitrogen and oxygen atoms in total. The van der Waals surface area contributed by atoms with E-state index in [2.05, 4.69) is 89.9 Å². The number of ether oxygens (including phenoxy) is 1. The van der Waals surface area contributed by atoms with E-state index in [9.17, 15) is 9.00 Å². The summed E-state index contributed by atoms with van der Waals surface area (Å²) in [7, 11) is -0.804. The van der Waals surface area contributed by atoms with Crippen LogP contribution in [0.15, 0.2) is 64.9 Å². The van der Waals surface area contributed by atoms with E-state index >= 15 is 0 Å². The number of methoxy groups -OCH3 is 1. The standard InChI is InChI=1S/C26H30O2.C8H13NOS2/c1-16(2)24-14-22(15-25(17(3)4)26(24)11-18(5)27)20-7-8-21-13-23(28-6)10-9-19(21)12-20;1-6(2)7-4-5-8(11-7)12(3,9)10/h7-10,12-17H,11H2,1-6H3;4-6H,3H2,1-2H3,(H2,9,10). The smallest absolute Gasteiger partial charge is 0.134 e. The molecular formula is C34H43NO3S2. The van der Waals surface area contributed by atoms with E-state index in [1.54, 1.807) is 20.1 Å². The number of ketones is 1. The number of hydrogen-bond acceptors (Lipinski definition) is 4. The maximum absolute atomic E-state index is 11.9. The fraction of sp³-hybridized carbons (Fsp3) is 0.353. The molecule has 1 atom stereocenters. The van der Waals surface area contributed by atoms with Gasteiger partial charge in [-0.05, 0) is 99.5 Å². The highest BCUT2D eigenvalue weighted by Crippen LogP contribution is 2.35. The molecule has 0 amide bonds. The van der Waals surface area contributed by atoms with Crippen LogP contribution < -0.4 is 9.88 Å². The zero-order chi connectivity index (χ0) is 29.8. The van der Waals surface area contributed by atoms with Crippen LogP contribution in [0.5, 0.6) is 5.75 Å². The summed E-state index contributed by atoms with van der Waals surface area (Å²) in [5.41, 5.74) is 6.21. The third kappa shape index (κ3) is 7.84. The van der Waals surface area contributed by atoms with Crippen molar-refractivity contribution in [2.75, 3.05) is 7.11 Å². The lowest BCUT2D eigenvalue weighted by atomic mass is 9.83. The fourth-order valence-electron chi connectivity index (χ4n) is 4.73. The van der Waals surface area contributed by atoms with E-state index in [0.717, 1.165) is 5.75 Å². The number of fused-ring (bicyclic) bond motifs is 1. The SMILES string of the molecule is C=S(N)(=O)c1ccc(C(C)C)s1.COc1ccc2cc(-c3cc(C(C)C)c(CC(C)=O)c(C(C)C)c3)ccc2c1. The molecule has 4 rings (SSSR count). The van der Waals surface area contributed by atoms with Gasteiger partial charge >= 0.3 is 0 Å². The van der Waals surface area contributed by atoms with E-state index in [4.69, 9.17) is 9.88 Å². The van der Waals surface area contributed by atoms with Crippen molar-refractivity contribution >= 4 is 43.5 Å². The van der Waals surface area contributed by atoms with Gasteiger partial charge in [-0.25, -0.2) is 4.21 Å². The van der Waals surface area contributed by atoms with E-state index in [0.29, 0.717) is 28.4 Å². The average Bonchev–Trinajstić information content (AvgIpc) is 3.40. The van der Waals surface area contributed by atoms with Crippen molar-refractivity contribution in [3.05, 3.63) is 82.2 Å². The Balaban J connectivity index is 0.000000307. The summed E-state index contributed by atoms with van der Waals surface area (Å²) in [6, 6.07) is 21.1. The number of rotatable bonds is 8. The molecule has 1 aromatic heterocycles. The second-order valence-electron chi connectivity index (χ2n) is 11.3.